The van der Waals surface area contributed by atoms with Crippen LogP contribution in [0, 0.1) is 0 Å². The summed E-state index contributed by atoms with van der Waals surface area (Å²) in [4.78, 5) is 12.9. The van der Waals surface area contributed by atoms with Crippen LogP contribution in [0.15, 0.2) is 12.7 Å². The fourth-order valence-corrected chi connectivity index (χ4v) is 3.39. The van der Waals surface area contributed by atoms with Crippen molar-refractivity contribution in [1.29, 1.82) is 0 Å². The van der Waals surface area contributed by atoms with E-state index < -0.39 is 24.5 Å². The number of ether oxygens (including phenoxy) is 1. The molecule has 136 valence electrons. The van der Waals surface area contributed by atoms with Gasteiger partial charge in [-0.2, -0.15) is 0 Å². The lowest BCUT2D eigenvalue weighted by molar-refractivity contribution is -0.0511. The van der Waals surface area contributed by atoms with E-state index in [0.717, 1.165) is 25.9 Å². The SMILES string of the molecule is OC[C@H]1O[C@@H](n2cnc3c(NN4CCCCC4)ncnc32)[C@H](O)[C@@H]1O. The van der Waals surface area contributed by atoms with E-state index in [9.17, 15) is 15.3 Å². The lowest BCUT2D eigenvalue weighted by Crippen LogP contribution is -2.35. The Morgan fingerprint density at radius 2 is 1.92 bits per heavy atom. The Hall–Kier alpha value is -1.85. The molecule has 2 aliphatic heterocycles. The van der Waals surface area contributed by atoms with Gasteiger partial charge in [0.25, 0.3) is 0 Å². The predicted molar refractivity (Wildman–Crippen MR) is 87.4 cm³/mol. The van der Waals surface area contributed by atoms with Crippen molar-refractivity contribution < 1.29 is 20.1 Å². The average Bonchev–Trinajstić information content (AvgIpc) is 3.18. The zero-order chi connectivity index (χ0) is 17.4. The number of hydrogen-bond donors (Lipinski definition) is 4. The molecule has 2 aromatic rings. The van der Waals surface area contributed by atoms with Gasteiger partial charge in [0.05, 0.1) is 12.9 Å². The summed E-state index contributed by atoms with van der Waals surface area (Å²) < 4.78 is 7.12. The van der Waals surface area contributed by atoms with Crippen LogP contribution in [0.25, 0.3) is 11.2 Å². The molecule has 10 nitrogen and oxygen atoms in total. The molecule has 4 atom stereocenters. The van der Waals surface area contributed by atoms with Crippen LogP contribution in [-0.2, 0) is 4.74 Å². The maximum atomic E-state index is 10.2. The van der Waals surface area contributed by atoms with Gasteiger partial charge in [0.1, 0.15) is 24.6 Å². The number of piperidine rings is 1. The number of aliphatic hydroxyl groups excluding tert-OH is 3. The van der Waals surface area contributed by atoms with Crippen molar-refractivity contribution in [2.24, 2.45) is 0 Å². The number of fused-ring (bicyclic) bond motifs is 1. The van der Waals surface area contributed by atoms with Gasteiger partial charge < -0.3 is 25.5 Å². The van der Waals surface area contributed by atoms with Crippen LogP contribution in [0.4, 0.5) is 5.82 Å². The van der Waals surface area contributed by atoms with Gasteiger partial charge in [0.15, 0.2) is 23.2 Å². The van der Waals surface area contributed by atoms with Crippen LogP contribution in [0.2, 0.25) is 0 Å². The lowest BCUT2D eigenvalue weighted by Gasteiger charge is -2.27. The summed E-state index contributed by atoms with van der Waals surface area (Å²) in [5.41, 5.74) is 4.33. The molecule has 0 aromatic carbocycles. The van der Waals surface area contributed by atoms with Crippen LogP contribution in [-0.4, -0.2) is 77.9 Å². The zero-order valence-corrected chi connectivity index (χ0v) is 13.7. The maximum absolute atomic E-state index is 10.2. The molecule has 2 saturated heterocycles. The molecule has 0 bridgehead atoms. The van der Waals surface area contributed by atoms with Crippen LogP contribution in [0.1, 0.15) is 25.5 Å². The highest BCUT2D eigenvalue weighted by molar-refractivity contribution is 5.82. The van der Waals surface area contributed by atoms with E-state index in [1.54, 1.807) is 4.57 Å². The highest BCUT2D eigenvalue weighted by Crippen LogP contribution is 2.32. The molecule has 4 rings (SSSR count). The minimum atomic E-state index is -1.18. The summed E-state index contributed by atoms with van der Waals surface area (Å²) in [6, 6.07) is 0. The normalized spacial score (nSPS) is 30.8. The summed E-state index contributed by atoms with van der Waals surface area (Å²) >= 11 is 0. The Morgan fingerprint density at radius 1 is 1.12 bits per heavy atom. The first-order valence-corrected chi connectivity index (χ1v) is 8.50. The molecule has 2 fully saturated rings. The number of hydrazine groups is 1. The van der Waals surface area contributed by atoms with Crippen LogP contribution >= 0.6 is 0 Å². The molecule has 2 aromatic heterocycles. The third-order valence-electron chi connectivity index (χ3n) is 4.77. The molecule has 0 amide bonds. The molecule has 2 aliphatic rings. The smallest absolute Gasteiger partial charge is 0.172 e. The first kappa shape index (κ1) is 16.6. The lowest BCUT2D eigenvalue weighted by atomic mass is 10.1. The molecule has 4 heterocycles. The quantitative estimate of drug-likeness (QED) is 0.563. The van der Waals surface area contributed by atoms with Crippen molar-refractivity contribution in [3.63, 3.8) is 0 Å². The number of nitrogens with one attached hydrogen (secondary N) is 1. The Balaban J connectivity index is 1.62. The number of imidazole rings is 1. The van der Waals surface area contributed by atoms with Crippen LogP contribution < -0.4 is 5.43 Å². The summed E-state index contributed by atoms with van der Waals surface area (Å²) in [5, 5.41) is 31.5. The summed E-state index contributed by atoms with van der Waals surface area (Å²) in [7, 11) is 0. The highest BCUT2D eigenvalue weighted by atomic mass is 16.6. The third-order valence-corrected chi connectivity index (χ3v) is 4.77. The topological polar surface area (TPSA) is 129 Å². The van der Waals surface area contributed by atoms with E-state index in [4.69, 9.17) is 4.74 Å². The Bertz CT molecular complexity index is 734. The standard InChI is InChI=1S/C15H22N6O4/c22-6-9-11(23)12(24)15(25-9)21-8-18-10-13(16-7-17-14(10)21)19-20-4-2-1-3-5-20/h7-9,11-12,15,22-24H,1-6H2,(H,16,17,19)/t9-,11-,12-,15-/m1/s1. The van der Waals surface area contributed by atoms with Gasteiger partial charge in [-0.05, 0) is 12.8 Å². The van der Waals surface area contributed by atoms with Gasteiger partial charge >= 0.3 is 0 Å². The van der Waals surface area contributed by atoms with Crippen LogP contribution in [0.3, 0.4) is 0 Å². The maximum Gasteiger partial charge on any atom is 0.172 e. The first-order valence-electron chi connectivity index (χ1n) is 8.50. The van der Waals surface area contributed by atoms with Crippen LogP contribution in [0.5, 0.6) is 0 Å². The van der Waals surface area contributed by atoms with Crippen molar-refractivity contribution in [2.75, 3.05) is 25.1 Å². The second kappa shape index (κ2) is 6.81. The van der Waals surface area contributed by atoms with E-state index in [-0.39, 0.29) is 6.61 Å². The van der Waals surface area contributed by atoms with E-state index >= 15 is 0 Å². The fraction of sp³-hybridized carbons (Fsp3) is 0.667. The minimum Gasteiger partial charge on any atom is -0.394 e. The number of hydrogen-bond acceptors (Lipinski definition) is 9. The van der Waals surface area contributed by atoms with Gasteiger partial charge in [-0.25, -0.2) is 20.0 Å². The number of aliphatic hydroxyl groups is 3. The average molecular weight is 350 g/mol. The van der Waals surface area contributed by atoms with E-state index in [2.05, 4.69) is 25.4 Å². The second-order valence-corrected chi connectivity index (χ2v) is 6.43. The van der Waals surface area contributed by atoms with Gasteiger partial charge in [-0.15, -0.1) is 0 Å². The van der Waals surface area contributed by atoms with Gasteiger partial charge in [-0.1, -0.05) is 6.42 Å². The molecular weight excluding hydrogens is 328 g/mol. The number of aromatic nitrogens is 4. The number of anilines is 1. The Kier molecular flexibility index (Phi) is 4.52. The molecule has 4 N–H and O–H groups in total. The number of rotatable bonds is 4. The van der Waals surface area contributed by atoms with Crippen molar-refractivity contribution in [3.05, 3.63) is 12.7 Å². The van der Waals surface area contributed by atoms with E-state index in [1.165, 1.54) is 19.1 Å². The monoisotopic (exact) mass is 350 g/mol. The number of nitrogens with zero attached hydrogens (tertiary/aromatic N) is 5. The summed E-state index contributed by atoms with van der Waals surface area (Å²) in [5.74, 6) is 0.595. The van der Waals surface area contributed by atoms with Crippen molar-refractivity contribution >= 4 is 17.0 Å². The molecule has 0 unspecified atom stereocenters. The molecule has 25 heavy (non-hydrogen) atoms. The second-order valence-electron chi connectivity index (χ2n) is 6.43. The molecule has 0 aliphatic carbocycles. The minimum absolute atomic E-state index is 0.377. The summed E-state index contributed by atoms with van der Waals surface area (Å²) in [6.45, 7) is 1.51. The van der Waals surface area contributed by atoms with Gasteiger partial charge in [0.2, 0.25) is 0 Å². The largest absolute Gasteiger partial charge is 0.394 e. The third kappa shape index (κ3) is 2.96. The van der Waals surface area contributed by atoms with E-state index in [0.29, 0.717) is 17.0 Å². The molecular formula is C15H22N6O4. The van der Waals surface area contributed by atoms with Gasteiger partial charge in [-0.3, -0.25) is 4.57 Å². The van der Waals surface area contributed by atoms with Crippen molar-refractivity contribution in [1.82, 2.24) is 24.5 Å². The van der Waals surface area contributed by atoms with E-state index in [1.807, 2.05) is 0 Å². The molecule has 10 heteroatoms. The van der Waals surface area contributed by atoms with Gasteiger partial charge in [0, 0.05) is 13.1 Å². The molecule has 0 spiro atoms. The first-order chi connectivity index (χ1) is 12.2. The zero-order valence-electron chi connectivity index (χ0n) is 13.7. The fourth-order valence-electron chi connectivity index (χ4n) is 3.39. The van der Waals surface area contributed by atoms with Crippen molar-refractivity contribution in [2.45, 2.75) is 43.8 Å². The Morgan fingerprint density at radius 3 is 2.64 bits per heavy atom. The highest BCUT2D eigenvalue weighted by Gasteiger charge is 2.44. The molecule has 0 radical (unpaired) electrons. The van der Waals surface area contributed by atoms with Crippen molar-refractivity contribution in [3.8, 4) is 0 Å². The Labute approximate surface area is 144 Å². The predicted octanol–water partition coefficient (Wildman–Crippen LogP) is -0.749. The summed E-state index contributed by atoms with van der Waals surface area (Å²) in [6.07, 6.45) is 2.38. The molecule has 0 saturated carbocycles.